The molecule has 244 valence electrons. The maximum Gasteiger partial charge on any atom is 0.416 e. The van der Waals surface area contributed by atoms with Crippen LogP contribution in [0.25, 0.3) is 6.08 Å². The van der Waals surface area contributed by atoms with Crippen molar-refractivity contribution in [3.8, 4) is 0 Å². The number of nitrogens with zero attached hydrogens (tertiary/aromatic N) is 3. The summed E-state index contributed by atoms with van der Waals surface area (Å²) in [6.07, 6.45) is 4.24. The fraction of sp³-hybridized carbons (Fsp3) is 0.364. The summed E-state index contributed by atoms with van der Waals surface area (Å²) in [6, 6.07) is 7.51. The van der Waals surface area contributed by atoms with E-state index in [0.29, 0.717) is 29.8 Å². The molecule has 10 nitrogen and oxygen atoms in total. The molecule has 0 radical (unpaired) electrons. The molecule has 1 unspecified atom stereocenters. The quantitative estimate of drug-likeness (QED) is 0.235. The number of nitrogens with one attached hydrogen (secondary N) is 4. The number of hydrogen-bond acceptors (Lipinski definition) is 8. The molecule has 2 aromatic heterocycles. The Bertz CT molecular complexity index is 1590. The van der Waals surface area contributed by atoms with Crippen molar-refractivity contribution >= 4 is 40.9 Å². The summed E-state index contributed by atoms with van der Waals surface area (Å²) in [7, 11) is 0. The van der Waals surface area contributed by atoms with E-state index in [9.17, 15) is 22.8 Å². The van der Waals surface area contributed by atoms with Gasteiger partial charge < -0.3 is 21.7 Å². The van der Waals surface area contributed by atoms with E-state index >= 15 is 0 Å². The zero-order valence-electron chi connectivity index (χ0n) is 26.0. The number of hydrogen-bond donors (Lipinski definition) is 5. The monoisotopic (exact) mass is 636 g/mol. The Kier molecular flexibility index (Phi) is 11.1. The van der Waals surface area contributed by atoms with Crippen molar-refractivity contribution in [1.29, 1.82) is 5.41 Å². The SMILES string of the molecule is CC.CC1CCNc2c(cnc(N)c2C(=N)c2ccc(C(=O)Nc3cc(C(F)(F)F)ccn3)cc2)/C=C/CCN2CC[C@H]2C(=O)N1. The van der Waals surface area contributed by atoms with Gasteiger partial charge in [-0.1, -0.05) is 38.1 Å². The zero-order valence-corrected chi connectivity index (χ0v) is 26.0. The average molecular weight is 637 g/mol. The summed E-state index contributed by atoms with van der Waals surface area (Å²) in [4.78, 5) is 35.7. The molecular formula is C33H39F3N8O2. The Balaban J connectivity index is 0.00000235. The van der Waals surface area contributed by atoms with Gasteiger partial charge in [0.05, 0.1) is 28.6 Å². The molecule has 0 aliphatic carbocycles. The van der Waals surface area contributed by atoms with Gasteiger partial charge in [-0.25, -0.2) is 9.97 Å². The topological polar surface area (TPSA) is 149 Å². The number of rotatable bonds is 4. The van der Waals surface area contributed by atoms with Gasteiger partial charge in [-0.2, -0.15) is 13.2 Å². The summed E-state index contributed by atoms with van der Waals surface area (Å²) in [6.45, 7) is 8.10. The van der Waals surface area contributed by atoms with Crippen LogP contribution in [0, 0.1) is 5.41 Å². The molecule has 0 saturated carbocycles. The molecule has 1 saturated heterocycles. The Morgan fingerprint density at radius 1 is 1.09 bits per heavy atom. The smallest absolute Gasteiger partial charge is 0.384 e. The van der Waals surface area contributed by atoms with E-state index in [0.717, 1.165) is 49.8 Å². The lowest BCUT2D eigenvalue weighted by molar-refractivity contribution is -0.137. The fourth-order valence-electron chi connectivity index (χ4n) is 5.19. The lowest BCUT2D eigenvalue weighted by atomic mass is 9.97. The van der Waals surface area contributed by atoms with Gasteiger partial charge in [0, 0.05) is 54.8 Å². The largest absolute Gasteiger partial charge is 0.416 e. The molecule has 3 aromatic rings. The molecule has 46 heavy (non-hydrogen) atoms. The minimum Gasteiger partial charge on any atom is -0.384 e. The van der Waals surface area contributed by atoms with Gasteiger partial charge in [0.2, 0.25) is 5.91 Å². The summed E-state index contributed by atoms with van der Waals surface area (Å²) >= 11 is 0. The highest BCUT2D eigenvalue weighted by Crippen LogP contribution is 2.31. The lowest BCUT2D eigenvalue weighted by Gasteiger charge is -2.40. The summed E-state index contributed by atoms with van der Waals surface area (Å²) < 4.78 is 39.1. The maximum atomic E-state index is 13.0. The third kappa shape index (κ3) is 8.08. The first kappa shape index (κ1) is 34.1. The summed E-state index contributed by atoms with van der Waals surface area (Å²) in [5.74, 6) is -0.683. The minimum atomic E-state index is -4.57. The number of nitrogens with two attached hydrogens (primary N) is 1. The molecule has 13 heteroatoms. The fourth-order valence-corrected chi connectivity index (χ4v) is 5.19. The van der Waals surface area contributed by atoms with Crippen molar-refractivity contribution < 1.29 is 22.8 Å². The number of fused-ring (bicyclic) bond motifs is 2. The van der Waals surface area contributed by atoms with E-state index in [1.165, 1.54) is 12.1 Å². The van der Waals surface area contributed by atoms with Gasteiger partial charge >= 0.3 is 6.18 Å². The predicted octanol–water partition coefficient (Wildman–Crippen LogP) is 5.57. The van der Waals surface area contributed by atoms with Gasteiger partial charge in [-0.05, 0) is 50.5 Å². The van der Waals surface area contributed by atoms with Crippen LogP contribution in [0.1, 0.15) is 72.6 Å². The van der Waals surface area contributed by atoms with E-state index in [1.54, 1.807) is 18.3 Å². The number of halogens is 3. The number of aromatic nitrogens is 2. The van der Waals surface area contributed by atoms with Crippen LogP contribution in [0.2, 0.25) is 0 Å². The number of benzene rings is 1. The van der Waals surface area contributed by atoms with Crippen molar-refractivity contribution in [3.05, 3.63) is 82.7 Å². The lowest BCUT2D eigenvalue weighted by Crippen LogP contribution is -2.57. The van der Waals surface area contributed by atoms with Gasteiger partial charge in [-0.3, -0.25) is 19.9 Å². The molecule has 2 aliphatic heterocycles. The molecule has 1 aromatic carbocycles. The Morgan fingerprint density at radius 3 is 2.48 bits per heavy atom. The number of anilines is 3. The van der Waals surface area contributed by atoms with Crippen LogP contribution >= 0.6 is 0 Å². The molecule has 5 rings (SSSR count). The second-order valence-electron chi connectivity index (χ2n) is 10.8. The first-order valence-electron chi connectivity index (χ1n) is 15.3. The number of amides is 2. The van der Waals surface area contributed by atoms with E-state index in [4.69, 9.17) is 11.1 Å². The maximum absolute atomic E-state index is 13.0. The van der Waals surface area contributed by atoms with Crippen LogP contribution in [-0.2, 0) is 11.0 Å². The molecule has 6 N–H and O–H groups in total. The normalized spacial score (nSPS) is 19.3. The highest BCUT2D eigenvalue weighted by Gasteiger charge is 2.34. The minimum absolute atomic E-state index is 0.0457. The number of carbonyl (C=O) groups excluding carboxylic acids is 2. The van der Waals surface area contributed by atoms with Crippen molar-refractivity contribution in [2.45, 2.75) is 58.3 Å². The molecule has 0 bridgehead atoms. The van der Waals surface area contributed by atoms with E-state index in [-0.39, 0.29) is 40.9 Å². The number of nitrogen functional groups attached to an aromatic ring is 1. The van der Waals surface area contributed by atoms with E-state index in [1.807, 2.05) is 32.9 Å². The van der Waals surface area contributed by atoms with Crippen molar-refractivity contribution in [2.24, 2.45) is 0 Å². The molecule has 0 spiro atoms. The molecule has 2 amide bonds. The standard InChI is InChI=1S/C31H33F3N8O2.C2H6/c1-18-9-12-38-27-21(4-2-3-14-42-15-11-23(42)30(44)40-18)17-39-28(36)25(27)26(35)19-5-7-20(8-6-19)29(43)41-24-16-22(10-13-37-24)31(32,33)34;1-2/h2,4-8,10,13,16-18,23,35,38H,3,9,11-12,14-15H2,1H3,(H2,36,39)(H,40,44)(H,37,41,43);1-2H3/b4-2+,35-26?;/t18?,23-;/m0./s1. The molecule has 2 atom stereocenters. The first-order valence-corrected chi connectivity index (χ1v) is 15.3. The second kappa shape index (κ2) is 15.0. The van der Waals surface area contributed by atoms with Crippen LogP contribution in [0.5, 0.6) is 0 Å². The molecule has 2 aliphatic rings. The van der Waals surface area contributed by atoms with Gasteiger partial charge in [0.25, 0.3) is 5.91 Å². The van der Waals surface area contributed by atoms with Gasteiger partial charge in [0.1, 0.15) is 11.6 Å². The van der Waals surface area contributed by atoms with Crippen LogP contribution in [-0.4, -0.2) is 64.1 Å². The van der Waals surface area contributed by atoms with Crippen LogP contribution in [0.3, 0.4) is 0 Å². The van der Waals surface area contributed by atoms with Gasteiger partial charge in [-0.15, -0.1) is 0 Å². The Hall–Kier alpha value is -4.78. The number of pyridine rings is 2. The molecule has 4 heterocycles. The summed E-state index contributed by atoms with van der Waals surface area (Å²) in [5, 5.41) is 17.9. The van der Waals surface area contributed by atoms with E-state index in [2.05, 4.69) is 30.8 Å². The van der Waals surface area contributed by atoms with Crippen molar-refractivity contribution in [2.75, 3.05) is 36.0 Å². The third-order valence-corrected chi connectivity index (χ3v) is 7.73. The predicted molar refractivity (Wildman–Crippen MR) is 174 cm³/mol. The Labute approximate surface area is 266 Å². The van der Waals surface area contributed by atoms with Crippen molar-refractivity contribution in [3.63, 3.8) is 0 Å². The average Bonchev–Trinajstić information content (AvgIpc) is 3.01. The van der Waals surface area contributed by atoms with Gasteiger partial charge in [0.15, 0.2) is 0 Å². The third-order valence-electron chi connectivity index (χ3n) is 7.73. The molecular weight excluding hydrogens is 597 g/mol. The van der Waals surface area contributed by atoms with Crippen LogP contribution in [0.15, 0.2) is 54.9 Å². The zero-order chi connectivity index (χ0) is 33.4. The van der Waals surface area contributed by atoms with Crippen LogP contribution < -0.4 is 21.7 Å². The van der Waals surface area contributed by atoms with Crippen LogP contribution in [0.4, 0.5) is 30.5 Å². The molecule has 1 fully saturated rings. The number of alkyl halides is 3. The first-order chi connectivity index (χ1) is 22.0. The second-order valence-corrected chi connectivity index (χ2v) is 10.8. The van der Waals surface area contributed by atoms with E-state index < -0.39 is 17.6 Å². The highest BCUT2D eigenvalue weighted by atomic mass is 19.4. The van der Waals surface area contributed by atoms with Crippen molar-refractivity contribution in [1.82, 2.24) is 20.2 Å². The summed E-state index contributed by atoms with van der Waals surface area (Å²) in [5.41, 5.74) is 7.87. The Morgan fingerprint density at radius 2 is 1.80 bits per heavy atom. The highest BCUT2D eigenvalue weighted by molar-refractivity contribution is 6.17. The number of carbonyl (C=O) groups is 2.